The zero-order valence-electron chi connectivity index (χ0n) is 7.61. The lowest BCUT2D eigenvalue weighted by molar-refractivity contribution is 0.112. The molecule has 72 valence electrons. The lowest BCUT2D eigenvalue weighted by Gasteiger charge is -2.02. The summed E-state index contributed by atoms with van der Waals surface area (Å²) in [5.41, 5.74) is 6.63. The number of thioether (sulfide) groups is 1. The summed E-state index contributed by atoms with van der Waals surface area (Å²) in [7, 11) is 0. The van der Waals surface area contributed by atoms with Gasteiger partial charge in [0.05, 0.1) is 9.58 Å². The van der Waals surface area contributed by atoms with E-state index in [1.807, 2.05) is 24.5 Å². The molecule has 2 N–H and O–H groups in total. The third-order valence-corrected chi connectivity index (χ3v) is 4.08. The van der Waals surface area contributed by atoms with Gasteiger partial charge in [-0.25, -0.2) is 0 Å². The number of aldehydes is 1. The fraction of sp³-hybridized carbons (Fsp3) is 0.100. The lowest BCUT2D eigenvalue weighted by Crippen LogP contribution is -1.86. The predicted octanol–water partition coefficient (Wildman–Crippen LogP) is 3.02. The van der Waals surface area contributed by atoms with Gasteiger partial charge in [0, 0.05) is 10.6 Å². The molecule has 0 aliphatic rings. The summed E-state index contributed by atoms with van der Waals surface area (Å²) < 4.78 is 1.11. The van der Waals surface area contributed by atoms with Crippen molar-refractivity contribution >= 4 is 45.2 Å². The minimum Gasteiger partial charge on any atom is -0.398 e. The average Bonchev–Trinajstić information content (AvgIpc) is 2.60. The lowest BCUT2D eigenvalue weighted by atomic mass is 10.2. The first kappa shape index (κ1) is 9.55. The Hall–Kier alpha value is -1.00. The zero-order valence-corrected chi connectivity index (χ0v) is 9.24. The van der Waals surface area contributed by atoms with E-state index in [0.29, 0.717) is 0 Å². The Morgan fingerprint density at radius 1 is 1.50 bits per heavy atom. The van der Waals surface area contributed by atoms with Gasteiger partial charge in [-0.05, 0) is 23.8 Å². The van der Waals surface area contributed by atoms with Gasteiger partial charge < -0.3 is 5.73 Å². The van der Waals surface area contributed by atoms with Gasteiger partial charge in [-0.2, -0.15) is 0 Å². The summed E-state index contributed by atoms with van der Waals surface area (Å²) in [5, 5.41) is 1.09. The Bertz CT molecular complexity index is 490. The molecule has 2 nitrogen and oxygen atoms in total. The van der Waals surface area contributed by atoms with Crippen LogP contribution in [-0.2, 0) is 0 Å². The van der Waals surface area contributed by atoms with Crippen molar-refractivity contribution in [2.75, 3.05) is 12.0 Å². The molecule has 0 aliphatic heterocycles. The predicted molar refractivity (Wildman–Crippen MR) is 63.4 cm³/mol. The van der Waals surface area contributed by atoms with Crippen LogP contribution in [0.15, 0.2) is 23.1 Å². The number of thiophene rings is 1. The second-order valence-corrected chi connectivity index (χ2v) is 4.77. The molecule has 0 bridgehead atoms. The van der Waals surface area contributed by atoms with E-state index < -0.39 is 0 Å². The first-order valence-electron chi connectivity index (χ1n) is 4.07. The number of carbonyl (C=O) groups excluding carboxylic acids is 1. The van der Waals surface area contributed by atoms with Crippen molar-refractivity contribution in [3.63, 3.8) is 0 Å². The number of fused-ring (bicyclic) bond motifs is 1. The summed E-state index contributed by atoms with van der Waals surface area (Å²) in [6.45, 7) is 0. The van der Waals surface area contributed by atoms with Crippen LogP contribution in [0.2, 0.25) is 0 Å². The van der Waals surface area contributed by atoms with E-state index in [4.69, 9.17) is 5.73 Å². The highest BCUT2D eigenvalue weighted by molar-refractivity contribution is 7.99. The maximum absolute atomic E-state index is 10.6. The smallest absolute Gasteiger partial charge is 0.160 e. The summed E-state index contributed by atoms with van der Waals surface area (Å²) in [4.78, 5) is 12.5. The fourth-order valence-corrected chi connectivity index (χ4v) is 3.29. The van der Waals surface area contributed by atoms with Crippen LogP contribution in [0.5, 0.6) is 0 Å². The van der Waals surface area contributed by atoms with E-state index in [0.717, 1.165) is 31.8 Å². The molecule has 0 aliphatic carbocycles. The number of rotatable bonds is 2. The van der Waals surface area contributed by atoms with Crippen LogP contribution in [0.3, 0.4) is 0 Å². The second-order valence-electron chi connectivity index (χ2n) is 2.87. The fourth-order valence-electron chi connectivity index (χ4n) is 1.38. The Kier molecular flexibility index (Phi) is 2.48. The minimum absolute atomic E-state index is 0.751. The molecule has 1 aromatic carbocycles. The Morgan fingerprint density at radius 2 is 2.29 bits per heavy atom. The van der Waals surface area contributed by atoms with Gasteiger partial charge >= 0.3 is 0 Å². The van der Waals surface area contributed by atoms with Gasteiger partial charge in [0.1, 0.15) is 0 Å². The molecule has 0 atom stereocenters. The van der Waals surface area contributed by atoms with Crippen molar-refractivity contribution in [2.24, 2.45) is 0 Å². The molecule has 0 amide bonds. The molecule has 2 rings (SSSR count). The molecule has 2 aromatic rings. The number of anilines is 1. The summed E-state index contributed by atoms with van der Waals surface area (Å²) >= 11 is 3.11. The number of benzene rings is 1. The van der Waals surface area contributed by atoms with Crippen LogP contribution in [-0.4, -0.2) is 12.5 Å². The molecular formula is C10H9NOS2. The molecule has 0 fully saturated rings. The Labute approximate surface area is 90.1 Å². The van der Waals surface area contributed by atoms with Crippen LogP contribution < -0.4 is 5.73 Å². The van der Waals surface area contributed by atoms with Crippen molar-refractivity contribution in [3.05, 3.63) is 23.1 Å². The average molecular weight is 223 g/mol. The van der Waals surface area contributed by atoms with Gasteiger partial charge in [0.15, 0.2) is 6.29 Å². The number of carbonyl (C=O) groups is 1. The molecular weight excluding hydrogens is 214 g/mol. The van der Waals surface area contributed by atoms with Gasteiger partial charge in [-0.15, -0.1) is 23.1 Å². The van der Waals surface area contributed by atoms with Crippen LogP contribution in [0.1, 0.15) is 9.67 Å². The van der Waals surface area contributed by atoms with Crippen LogP contribution in [0, 0.1) is 0 Å². The monoisotopic (exact) mass is 223 g/mol. The SMILES string of the molecule is CSc1c(N)ccc2cc(C=O)sc12. The Morgan fingerprint density at radius 3 is 2.93 bits per heavy atom. The third-order valence-electron chi connectivity index (χ3n) is 2.01. The molecule has 0 spiro atoms. The number of nitrogen functional groups attached to an aromatic ring is 1. The maximum Gasteiger partial charge on any atom is 0.160 e. The van der Waals surface area contributed by atoms with Gasteiger partial charge in [0.2, 0.25) is 0 Å². The van der Waals surface area contributed by atoms with Crippen LogP contribution in [0.25, 0.3) is 10.1 Å². The van der Waals surface area contributed by atoms with Gasteiger partial charge in [-0.1, -0.05) is 6.07 Å². The highest BCUT2D eigenvalue weighted by Gasteiger charge is 2.08. The molecule has 4 heteroatoms. The first-order valence-corrected chi connectivity index (χ1v) is 6.11. The molecule has 0 saturated carbocycles. The topological polar surface area (TPSA) is 43.1 Å². The normalized spacial score (nSPS) is 10.6. The van der Waals surface area contributed by atoms with E-state index in [-0.39, 0.29) is 0 Å². The van der Waals surface area contributed by atoms with Crippen molar-refractivity contribution in [3.8, 4) is 0 Å². The summed E-state index contributed by atoms with van der Waals surface area (Å²) in [5.74, 6) is 0. The Balaban J connectivity index is 2.79. The molecule has 1 aromatic heterocycles. The van der Waals surface area contributed by atoms with E-state index in [9.17, 15) is 4.79 Å². The second kappa shape index (κ2) is 3.63. The van der Waals surface area contributed by atoms with E-state index in [2.05, 4.69) is 0 Å². The van der Waals surface area contributed by atoms with Crippen LogP contribution in [0.4, 0.5) is 5.69 Å². The van der Waals surface area contributed by atoms with Crippen molar-refractivity contribution in [1.82, 2.24) is 0 Å². The largest absolute Gasteiger partial charge is 0.398 e. The summed E-state index contributed by atoms with van der Waals surface area (Å²) in [6.07, 6.45) is 2.87. The zero-order chi connectivity index (χ0) is 10.1. The highest BCUT2D eigenvalue weighted by atomic mass is 32.2. The van der Waals surface area contributed by atoms with Crippen molar-refractivity contribution < 1.29 is 4.79 Å². The third kappa shape index (κ3) is 1.40. The minimum atomic E-state index is 0.751. The molecule has 1 heterocycles. The molecule has 14 heavy (non-hydrogen) atoms. The maximum atomic E-state index is 10.6. The summed E-state index contributed by atoms with van der Waals surface area (Å²) in [6, 6.07) is 5.73. The van der Waals surface area contributed by atoms with Crippen molar-refractivity contribution in [2.45, 2.75) is 4.90 Å². The molecule has 0 unspecified atom stereocenters. The standard InChI is InChI=1S/C10H9NOS2/c1-13-10-8(11)3-2-6-4-7(5-12)14-9(6)10/h2-5H,11H2,1H3. The van der Waals surface area contributed by atoms with E-state index >= 15 is 0 Å². The number of nitrogens with two attached hydrogens (primary N) is 1. The quantitative estimate of drug-likeness (QED) is 0.483. The van der Waals surface area contributed by atoms with Gasteiger partial charge in [-0.3, -0.25) is 4.79 Å². The highest BCUT2D eigenvalue weighted by Crippen LogP contribution is 2.36. The molecule has 0 radical (unpaired) electrons. The number of hydrogen-bond donors (Lipinski definition) is 1. The number of hydrogen-bond acceptors (Lipinski definition) is 4. The van der Waals surface area contributed by atoms with Crippen LogP contribution >= 0.6 is 23.1 Å². The van der Waals surface area contributed by atoms with E-state index in [1.54, 1.807) is 11.8 Å². The van der Waals surface area contributed by atoms with Crippen molar-refractivity contribution in [1.29, 1.82) is 0 Å². The van der Waals surface area contributed by atoms with E-state index in [1.165, 1.54) is 11.3 Å². The molecule has 0 saturated heterocycles. The van der Waals surface area contributed by atoms with Gasteiger partial charge in [0.25, 0.3) is 0 Å². The first-order chi connectivity index (χ1) is 6.76.